The number of rotatable bonds is 10. The summed E-state index contributed by atoms with van der Waals surface area (Å²) in [5, 5.41) is 23.3. The largest absolute Gasteiger partial charge is 0.497 e. The van der Waals surface area contributed by atoms with Gasteiger partial charge in [0.2, 0.25) is 0 Å². The number of thioether (sulfide) groups is 1. The fraction of sp³-hybridized carbons (Fsp3) is 0.424. The Morgan fingerprint density at radius 1 is 0.909 bits per heavy atom. The summed E-state index contributed by atoms with van der Waals surface area (Å²) in [5.41, 5.74) is 5.14. The molecule has 2 atom stereocenters. The van der Waals surface area contributed by atoms with Gasteiger partial charge >= 0.3 is 11.9 Å². The third-order valence-corrected chi connectivity index (χ3v) is 9.02. The van der Waals surface area contributed by atoms with E-state index in [1.54, 1.807) is 14.2 Å². The van der Waals surface area contributed by atoms with Crippen LogP contribution in [0.3, 0.4) is 0 Å². The first-order valence-electron chi connectivity index (χ1n) is 14.7. The second-order valence-corrected chi connectivity index (χ2v) is 12.0. The Morgan fingerprint density at radius 2 is 1.50 bits per heavy atom. The lowest BCUT2D eigenvalue weighted by Gasteiger charge is -2.33. The number of carbonyl (C=O) groups is 2. The number of hydrogen-bond acceptors (Lipinski definition) is 9. The molecule has 2 aromatic rings. The molecule has 11 heteroatoms. The Hall–Kier alpha value is -3.80. The molecule has 0 spiro atoms. The maximum Gasteiger partial charge on any atom is 0.328 e. The van der Waals surface area contributed by atoms with Gasteiger partial charge in [0, 0.05) is 62.3 Å². The maximum absolute atomic E-state index is 9.55. The first kappa shape index (κ1) is 33.1. The highest BCUT2D eigenvalue weighted by Crippen LogP contribution is 2.43. The standard InChI is InChI=1S/C29H38N4O2S.C4H4O4/c1-31-15-17-32(18-16-31)13-4-14-33-29(23-7-11-26(35-3)12-8-23)27-21-36-20-24(28(27)30-33)19-22-5-9-25(34-2)10-6-22;5-3(6)1-2-4(7)8/h5-12,19,27,29H,4,13-18,20-21H2,1-3H3;1-2H,(H,5,6)(H,7,8)/b24-19+;2-1-. The molecular weight excluding hydrogens is 580 g/mol. The first-order valence-corrected chi connectivity index (χ1v) is 15.9. The molecule has 0 amide bonds. The summed E-state index contributed by atoms with van der Waals surface area (Å²) in [7, 11) is 5.65. The summed E-state index contributed by atoms with van der Waals surface area (Å²) in [6.07, 6.45) is 4.56. The molecule has 0 bridgehead atoms. The number of hydrogen-bond donors (Lipinski definition) is 2. The van der Waals surface area contributed by atoms with Crippen molar-refractivity contribution in [3.05, 3.63) is 77.4 Å². The second kappa shape index (κ2) is 16.3. The summed E-state index contributed by atoms with van der Waals surface area (Å²) >= 11 is 2.02. The number of ether oxygens (including phenoxy) is 2. The number of carboxylic acid groups (broad SMARTS) is 2. The van der Waals surface area contributed by atoms with Crippen molar-refractivity contribution < 1.29 is 29.3 Å². The molecule has 10 nitrogen and oxygen atoms in total. The molecule has 0 saturated carbocycles. The Balaban J connectivity index is 0.000000488. The van der Waals surface area contributed by atoms with Crippen molar-refractivity contribution in [1.82, 2.24) is 14.8 Å². The Bertz CT molecular complexity index is 1320. The third kappa shape index (κ3) is 9.35. The molecule has 2 N–H and O–H groups in total. The second-order valence-electron chi connectivity index (χ2n) is 10.9. The third-order valence-electron chi connectivity index (χ3n) is 7.91. The number of fused-ring (bicyclic) bond motifs is 1. The molecule has 44 heavy (non-hydrogen) atoms. The molecule has 0 radical (unpaired) electrons. The zero-order chi connectivity index (χ0) is 31.5. The van der Waals surface area contributed by atoms with E-state index < -0.39 is 11.9 Å². The van der Waals surface area contributed by atoms with Crippen LogP contribution in [0.5, 0.6) is 11.5 Å². The fourth-order valence-corrected chi connectivity index (χ4v) is 6.72. The number of likely N-dealkylation sites (N-methyl/N-ethyl adjacent to an activating group) is 1. The number of methoxy groups -OCH3 is 2. The van der Waals surface area contributed by atoms with Gasteiger partial charge < -0.3 is 29.5 Å². The highest BCUT2D eigenvalue weighted by atomic mass is 32.2. The molecule has 0 aromatic heterocycles. The van der Waals surface area contributed by atoms with Crippen molar-refractivity contribution >= 4 is 35.5 Å². The van der Waals surface area contributed by atoms with Crippen LogP contribution in [0, 0.1) is 5.92 Å². The predicted molar refractivity (Wildman–Crippen MR) is 175 cm³/mol. The molecule has 3 aliphatic rings. The van der Waals surface area contributed by atoms with Crippen LogP contribution >= 0.6 is 11.8 Å². The van der Waals surface area contributed by atoms with E-state index in [1.807, 2.05) is 23.9 Å². The molecule has 3 heterocycles. The van der Waals surface area contributed by atoms with Crippen molar-refractivity contribution in [2.75, 3.05) is 72.0 Å². The zero-order valence-corrected chi connectivity index (χ0v) is 26.4. The number of benzene rings is 2. The SMILES string of the molecule is COc1ccc(/C=C2\CSCC3C2=NN(CCCN2CCN(C)CC2)C3c2ccc(OC)cc2)cc1.O=C(O)/C=C\C(=O)O. The minimum atomic E-state index is -1.26. The summed E-state index contributed by atoms with van der Waals surface area (Å²) in [6, 6.07) is 17.2. The van der Waals surface area contributed by atoms with Crippen LogP contribution in [0.4, 0.5) is 0 Å². The highest BCUT2D eigenvalue weighted by Gasteiger charge is 2.41. The van der Waals surface area contributed by atoms with Crippen LogP contribution < -0.4 is 9.47 Å². The molecule has 5 rings (SSSR count). The molecule has 0 aliphatic carbocycles. The van der Waals surface area contributed by atoms with E-state index >= 15 is 0 Å². The minimum Gasteiger partial charge on any atom is -0.497 e. The topological polar surface area (TPSA) is 115 Å². The molecular formula is C33H42N4O6S. The van der Waals surface area contributed by atoms with Gasteiger partial charge in [-0.25, -0.2) is 9.59 Å². The summed E-state index contributed by atoms with van der Waals surface area (Å²) in [5.74, 6) is 1.77. The Morgan fingerprint density at radius 3 is 2.07 bits per heavy atom. The van der Waals surface area contributed by atoms with E-state index in [0.29, 0.717) is 18.1 Å². The number of carboxylic acids is 2. The smallest absolute Gasteiger partial charge is 0.328 e. The summed E-state index contributed by atoms with van der Waals surface area (Å²) in [4.78, 5) is 24.1. The fourth-order valence-electron chi connectivity index (χ4n) is 5.56. The molecule has 3 aliphatic heterocycles. The van der Waals surface area contributed by atoms with Gasteiger partial charge in [0.15, 0.2) is 0 Å². The van der Waals surface area contributed by atoms with Crippen molar-refractivity contribution in [2.45, 2.75) is 12.5 Å². The van der Waals surface area contributed by atoms with E-state index in [2.05, 4.69) is 64.3 Å². The average molecular weight is 623 g/mol. The zero-order valence-electron chi connectivity index (χ0n) is 25.6. The molecule has 2 aromatic carbocycles. The van der Waals surface area contributed by atoms with Crippen LogP contribution in [0.25, 0.3) is 6.08 Å². The Kier molecular flexibility index (Phi) is 12.3. The monoisotopic (exact) mass is 622 g/mol. The average Bonchev–Trinajstić information content (AvgIpc) is 3.41. The van der Waals surface area contributed by atoms with Crippen LogP contribution in [-0.2, 0) is 9.59 Å². The van der Waals surface area contributed by atoms with Crippen LogP contribution in [-0.4, -0.2) is 115 Å². The van der Waals surface area contributed by atoms with Crippen LogP contribution in [0.2, 0.25) is 0 Å². The summed E-state index contributed by atoms with van der Waals surface area (Å²) in [6.45, 7) is 6.78. The lowest BCUT2D eigenvalue weighted by molar-refractivity contribution is -0.134. The first-order chi connectivity index (χ1) is 21.3. The van der Waals surface area contributed by atoms with Crippen molar-refractivity contribution in [3.8, 4) is 11.5 Å². The lowest BCUT2D eigenvalue weighted by Crippen LogP contribution is -2.45. The van der Waals surface area contributed by atoms with Crippen molar-refractivity contribution in [1.29, 1.82) is 0 Å². The minimum absolute atomic E-state index is 0.269. The van der Waals surface area contributed by atoms with E-state index in [-0.39, 0.29) is 6.04 Å². The number of nitrogens with zero attached hydrogens (tertiary/aromatic N) is 4. The van der Waals surface area contributed by atoms with Gasteiger partial charge in [-0.1, -0.05) is 24.3 Å². The maximum atomic E-state index is 9.55. The van der Waals surface area contributed by atoms with E-state index in [1.165, 1.54) is 48.6 Å². The van der Waals surface area contributed by atoms with Crippen molar-refractivity contribution in [2.24, 2.45) is 11.0 Å². The lowest BCUT2D eigenvalue weighted by atomic mass is 9.87. The van der Waals surface area contributed by atoms with Gasteiger partial charge in [-0.2, -0.15) is 16.9 Å². The van der Waals surface area contributed by atoms with Gasteiger partial charge in [-0.05, 0) is 67.1 Å². The number of aliphatic carboxylic acids is 2. The molecule has 2 fully saturated rings. The van der Waals surface area contributed by atoms with Gasteiger partial charge in [-0.15, -0.1) is 0 Å². The van der Waals surface area contributed by atoms with Gasteiger partial charge in [0.25, 0.3) is 0 Å². The van der Waals surface area contributed by atoms with Gasteiger partial charge in [0.1, 0.15) is 11.5 Å². The van der Waals surface area contributed by atoms with E-state index in [4.69, 9.17) is 24.8 Å². The quantitative estimate of drug-likeness (QED) is 0.374. The predicted octanol–water partition coefficient (Wildman–Crippen LogP) is 4.21. The Labute approximate surface area is 263 Å². The number of piperazine rings is 1. The van der Waals surface area contributed by atoms with Crippen molar-refractivity contribution in [3.63, 3.8) is 0 Å². The van der Waals surface area contributed by atoms with Crippen LogP contribution in [0.1, 0.15) is 23.6 Å². The normalized spacial score (nSPS) is 21.4. The molecule has 2 saturated heterocycles. The number of hydrazone groups is 1. The van der Waals surface area contributed by atoms with E-state index in [0.717, 1.165) is 42.5 Å². The van der Waals surface area contributed by atoms with Crippen LogP contribution in [0.15, 0.2) is 71.4 Å². The van der Waals surface area contributed by atoms with Gasteiger partial charge in [0.05, 0.1) is 26.0 Å². The highest BCUT2D eigenvalue weighted by molar-refractivity contribution is 7.99. The van der Waals surface area contributed by atoms with E-state index in [9.17, 15) is 9.59 Å². The summed E-state index contributed by atoms with van der Waals surface area (Å²) < 4.78 is 10.8. The molecule has 236 valence electrons. The molecule has 2 unspecified atom stereocenters. The van der Waals surface area contributed by atoms with Gasteiger partial charge in [-0.3, -0.25) is 5.01 Å².